The van der Waals surface area contributed by atoms with Gasteiger partial charge in [-0.3, -0.25) is 0 Å². The minimum Gasteiger partial charge on any atom is -0.484 e. The number of nitrogens with zero attached hydrogens (tertiary/aromatic N) is 2. The Morgan fingerprint density at radius 1 is 0.950 bits per heavy atom. The van der Waals surface area contributed by atoms with E-state index in [1.807, 2.05) is 61.5 Å². The molecule has 3 rings (SSSR count). The van der Waals surface area contributed by atoms with Gasteiger partial charge in [-0.15, -0.1) is 10.2 Å². The normalized spacial score (nSPS) is 10.4. The largest absolute Gasteiger partial charge is 0.484 e. The van der Waals surface area contributed by atoms with Crippen LogP contribution in [0.25, 0.3) is 11.5 Å². The van der Waals surface area contributed by atoms with E-state index in [0.29, 0.717) is 11.8 Å². The van der Waals surface area contributed by atoms with Gasteiger partial charge in [0.2, 0.25) is 5.89 Å². The lowest BCUT2D eigenvalue weighted by molar-refractivity contribution is 0.264. The summed E-state index contributed by atoms with van der Waals surface area (Å²) >= 11 is 0. The minimum atomic E-state index is 0.267. The summed E-state index contributed by atoms with van der Waals surface area (Å²) in [5.41, 5.74) is 2.10. The number of benzene rings is 2. The second-order valence-electron chi connectivity index (χ2n) is 4.47. The zero-order chi connectivity index (χ0) is 13.8. The fraction of sp³-hybridized carbons (Fsp3) is 0.125. The van der Waals surface area contributed by atoms with E-state index < -0.39 is 0 Å². The van der Waals surface area contributed by atoms with Crippen LogP contribution in [0.4, 0.5) is 0 Å². The monoisotopic (exact) mass is 266 g/mol. The number of hydrogen-bond acceptors (Lipinski definition) is 4. The Balaban J connectivity index is 1.67. The van der Waals surface area contributed by atoms with Crippen LogP contribution in [0.2, 0.25) is 0 Å². The van der Waals surface area contributed by atoms with Crippen LogP contribution in [0.3, 0.4) is 0 Å². The first-order valence-electron chi connectivity index (χ1n) is 6.38. The molecule has 2 aromatic carbocycles. The van der Waals surface area contributed by atoms with Crippen LogP contribution >= 0.6 is 0 Å². The first kappa shape index (κ1) is 12.4. The summed E-state index contributed by atoms with van der Waals surface area (Å²) in [4.78, 5) is 0. The molecule has 20 heavy (non-hydrogen) atoms. The van der Waals surface area contributed by atoms with Crippen LogP contribution < -0.4 is 4.74 Å². The molecule has 100 valence electrons. The summed E-state index contributed by atoms with van der Waals surface area (Å²) in [6.45, 7) is 2.30. The molecule has 0 saturated heterocycles. The van der Waals surface area contributed by atoms with Crippen molar-refractivity contribution < 1.29 is 9.15 Å². The standard InChI is InChI=1S/C16H14N2O2/c1-12-7-9-14(10-8-12)19-11-15-17-18-16(20-15)13-5-3-2-4-6-13/h2-10H,11H2,1H3. The second kappa shape index (κ2) is 5.57. The first-order chi connectivity index (χ1) is 9.81. The highest BCUT2D eigenvalue weighted by molar-refractivity contribution is 5.51. The summed E-state index contributed by atoms with van der Waals surface area (Å²) in [5.74, 6) is 1.76. The van der Waals surface area contributed by atoms with Crippen molar-refractivity contribution in [3.8, 4) is 17.2 Å². The molecule has 0 aliphatic heterocycles. The van der Waals surface area contributed by atoms with Crippen molar-refractivity contribution in [2.24, 2.45) is 0 Å². The molecule has 0 aliphatic carbocycles. The second-order valence-corrected chi connectivity index (χ2v) is 4.47. The molecule has 0 radical (unpaired) electrons. The van der Waals surface area contributed by atoms with Gasteiger partial charge in [0.1, 0.15) is 5.75 Å². The van der Waals surface area contributed by atoms with Crippen LogP contribution in [-0.4, -0.2) is 10.2 Å². The number of aryl methyl sites for hydroxylation is 1. The van der Waals surface area contributed by atoms with Gasteiger partial charge in [-0.1, -0.05) is 35.9 Å². The van der Waals surface area contributed by atoms with E-state index in [1.165, 1.54) is 5.56 Å². The fourth-order valence-corrected chi connectivity index (χ4v) is 1.79. The van der Waals surface area contributed by atoms with Crippen molar-refractivity contribution in [2.75, 3.05) is 0 Å². The van der Waals surface area contributed by atoms with E-state index in [4.69, 9.17) is 9.15 Å². The lowest BCUT2D eigenvalue weighted by Crippen LogP contribution is -1.95. The molecule has 3 aromatic rings. The van der Waals surface area contributed by atoms with Crippen molar-refractivity contribution in [3.05, 3.63) is 66.1 Å². The van der Waals surface area contributed by atoms with E-state index in [-0.39, 0.29) is 6.61 Å². The van der Waals surface area contributed by atoms with Gasteiger partial charge in [-0.2, -0.15) is 0 Å². The van der Waals surface area contributed by atoms with Crippen molar-refractivity contribution in [1.29, 1.82) is 0 Å². The predicted octanol–water partition coefficient (Wildman–Crippen LogP) is 3.62. The Kier molecular flexibility index (Phi) is 3.46. The molecule has 0 N–H and O–H groups in total. The molecule has 0 unspecified atom stereocenters. The Morgan fingerprint density at radius 3 is 2.45 bits per heavy atom. The van der Waals surface area contributed by atoms with Gasteiger partial charge >= 0.3 is 0 Å². The highest BCUT2D eigenvalue weighted by Crippen LogP contribution is 2.18. The van der Waals surface area contributed by atoms with Crippen molar-refractivity contribution in [3.63, 3.8) is 0 Å². The molecule has 4 nitrogen and oxygen atoms in total. The van der Waals surface area contributed by atoms with Crippen molar-refractivity contribution in [2.45, 2.75) is 13.5 Å². The molecule has 0 aliphatic rings. The van der Waals surface area contributed by atoms with Crippen LogP contribution in [0, 0.1) is 6.92 Å². The third kappa shape index (κ3) is 2.85. The highest BCUT2D eigenvalue weighted by Gasteiger charge is 2.08. The Labute approximate surface area is 117 Å². The molecule has 0 fully saturated rings. The molecule has 1 heterocycles. The third-order valence-corrected chi connectivity index (χ3v) is 2.87. The number of hydrogen-bond donors (Lipinski definition) is 0. The van der Waals surface area contributed by atoms with Gasteiger partial charge in [0.05, 0.1) is 0 Å². The average molecular weight is 266 g/mol. The van der Waals surface area contributed by atoms with E-state index in [1.54, 1.807) is 0 Å². The quantitative estimate of drug-likeness (QED) is 0.723. The molecule has 0 bridgehead atoms. The summed E-state index contributed by atoms with van der Waals surface area (Å²) in [7, 11) is 0. The van der Waals surface area contributed by atoms with Crippen LogP contribution in [0.15, 0.2) is 59.0 Å². The fourth-order valence-electron chi connectivity index (χ4n) is 1.79. The topological polar surface area (TPSA) is 48.2 Å². The maximum absolute atomic E-state index is 5.60. The van der Waals surface area contributed by atoms with E-state index in [9.17, 15) is 0 Å². The van der Waals surface area contributed by atoms with E-state index in [2.05, 4.69) is 10.2 Å². The van der Waals surface area contributed by atoms with Crippen molar-refractivity contribution in [1.82, 2.24) is 10.2 Å². The molecule has 4 heteroatoms. The number of ether oxygens (including phenoxy) is 1. The Hall–Kier alpha value is -2.62. The number of rotatable bonds is 4. The van der Waals surface area contributed by atoms with Crippen LogP contribution in [0.5, 0.6) is 5.75 Å². The zero-order valence-electron chi connectivity index (χ0n) is 11.1. The lowest BCUT2D eigenvalue weighted by atomic mass is 10.2. The van der Waals surface area contributed by atoms with Crippen molar-refractivity contribution >= 4 is 0 Å². The van der Waals surface area contributed by atoms with Gasteiger partial charge in [0.15, 0.2) is 6.61 Å². The summed E-state index contributed by atoms with van der Waals surface area (Å²) in [6.07, 6.45) is 0. The zero-order valence-corrected chi connectivity index (χ0v) is 11.1. The molecular formula is C16H14N2O2. The van der Waals surface area contributed by atoms with Gasteiger partial charge in [-0.25, -0.2) is 0 Å². The Bertz CT molecular complexity index is 675. The predicted molar refractivity (Wildman–Crippen MR) is 75.2 cm³/mol. The van der Waals surface area contributed by atoms with Gasteiger partial charge in [0.25, 0.3) is 5.89 Å². The maximum Gasteiger partial charge on any atom is 0.254 e. The third-order valence-electron chi connectivity index (χ3n) is 2.87. The first-order valence-corrected chi connectivity index (χ1v) is 6.38. The van der Waals surface area contributed by atoms with E-state index >= 15 is 0 Å². The molecule has 1 aromatic heterocycles. The lowest BCUT2D eigenvalue weighted by Gasteiger charge is -2.02. The summed E-state index contributed by atoms with van der Waals surface area (Å²) in [6, 6.07) is 17.5. The van der Waals surface area contributed by atoms with Crippen LogP contribution in [0.1, 0.15) is 11.5 Å². The maximum atomic E-state index is 5.60. The summed E-state index contributed by atoms with van der Waals surface area (Å²) < 4.78 is 11.2. The molecule has 0 spiro atoms. The molecular weight excluding hydrogens is 252 g/mol. The van der Waals surface area contributed by atoms with Crippen LogP contribution in [-0.2, 0) is 6.61 Å². The van der Waals surface area contributed by atoms with E-state index in [0.717, 1.165) is 11.3 Å². The van der Waals surface area contributed by atoms with Gasteiger partial charge in [-0.05, 0) is 31.2 Å². The summed E-state index contributed by atoms with van der Waals surface area (Å²) in [5, 5.41) is 8.00. The average Bonchev–Trinajstić information content (AvgIpc) is 2.97. The van der Waals surface area contributed by atoms with Gasteiger partial charge < -0.3 is 9.15 Å². The number of aromatic nitrogens is 2. The highest BCUT2D eigenvalue weighted by atomic mass is 16.5. The SMILES string of the molecule is Cc1ccc(OCc2nnc(-c3ccccc3)o2)cc1. The molecule has 0 saturated carbocycles. The smallest absolute Gasteiger partial charge is 0.254 e. The Morgan fingerprint density at radius 2 is 1.70 bits per heavy atom. The molecule has 0 amide bonds. The molecule has 0 atom stereocenters. The van der Waals surface area contributed by atoms with Gasteiger partial charge in [0, 0.05) is 5.56 Å². The minimum absolute atomic E-state index is 0.267.